The van der Waals surface area contributed by atoms with Gasteiger partial charge in [-0.05, 0) is 92.7 Å². The topological polar surface area (TPSA) is 175 Å². The lowest BCUT2D eigenvalue weighted by molar-refractivity contribution is -0.136. The number of piperidine rings is 1. The number of hydrogen-bond donors (Lipinski definition) is 5. The maximum Gasteiger partial charge on any atom is 0.262 e. The van der Waals surface area contributed by atoms with E-state index in [1.165, 1.54) is 5.56 Å². The maximum absolute atomic E-state index is 13.1. The van der Waals surface area contributed by atoms with Crippen molar-refractivity contribution >= 4 is 45.9 Å². The molecule has 2 aromatic carbocycles. The molecule has 272 valence electrons. The van der Waals surface area contributed by atoms with Gasteiger partial charge in [0.15, 0.2) is 0 Å². The van der Waals surface area contributed by atoms with Crippen LogP contribution in [-0.2, 0) is 16.1 Å². The van der Waals surface area contributed by atoms with Crippen molar-refractivity contribution < 1.29 is 19.2 Å². The zero-order chi connectivity index (χ0) is 35.8. The number of rotatable bonds is 13. The van der Waals surface area contributed by atoms with Crippen molar-refractivity contribution in [2.75, 3.05) is 38.0 Å². The number of imide groups is 2. The van der Waals surface area contributed by atoms with E-state index in [0.29, 0.717) is 17.9 Å². The number of hydrogen-bond acceptors (Lipinski definition) is 11. The van der Waals surface area contributed by atoms with Crippen molar-refractivity contribution in [1.82, 2.24) is 35.7 Å². The van der Waals surface area contributed by atoms with Crippen molar-refractivity contribution in [3.8, 4) is 0 Å². The van der Waals surface area contributed by atoms with Gasteiger partial charge in [0.1, 0.15) is 6.04 Å². The number of carbonyl (C=O) groups is 4. The summed E-state index contributed by atoms with van der Waals surface area (Å²) < 4.78 is 0. The van der Waals surface area contributed by atoms with Crippen molar-refractivity contribution in [3.05, 3.63) is 71.2 Å². The van der Waals surface area contributed by atoms with E-state index < -0.39 is 23.8 Å². The molecule has 13 heteroatoms. The fraction of sp³-hybridized carbons (Fsp3) is 0.487. The van der Waals surface area contributed by atoms with Crippen LogP contribution < -0.4 is 27.0 Å². The van der Waals surface area contributed by atoms with Crippen LogP contribution in [-0.4, -0.2) is 94.2 Å². The molecule has 4 amide bonds. The first-order valence-electron chi connectivity index (χ1n) is 18.8. The minimum atomic E-state index is -0.965. The summed E-state index contributed by atoms with van der Waals surface area (Å²) in [4.78, 5) is 63.3. The summed E-state index contributed by atoms with van der Waals surface area (Å²) in [6.07, 6.45) is 10.7. The molecule has 2 atom stereocenters. The van der Waals surface area contributed by atoms with E-state index in [9.17, 15) is 19.2 Å². The second kappa shape index (κ2) is 14.7. The fourth-order valence-electron chi connectivity index (χ4n) is 7.99. The molecule has 3 aliphatic heterocycles. The van der Waals surface area contributed by atoms with Crippen molar-refractivity contribution in [2.24, 2.45) is 17.6 Å². The van der Waals surface area contributed by atoms with Gasteiger partial charge in [0.2, 0.25) is 11.8 Å². The molecular weight excluding hydrogens is 658 g/mol. The lowest BCUT2D eigenvalue weighted by Gasteiger charge is -2.36. The summed E-state index contributed by atoms with van der Waals surface area (Å²) in [5.41, 5.74) is 13.1. The molecule has 4 fully saturated rings. The highest BCUT2D eigenvalue weighted by Gasteiger charge is 2.44. The summed E-state index contributed by atoms with van der Waals surface area (Å²) >= 11 is 0. The molecule has 13 nitrogen and oxygen atoms in total. The monoisotopic (exact) mass is 705 g/mol. The van der Waals surface area contributed by atoms with E-state index in [-0.39, 0.29) is 35.9 Å². The standard InChI is InChI=1S/C39H47N9O4/c40-36(25-4-5-25)30(33-21-44-31-8-3-24(18-32(31)45-33)22-47-14-12-41-13-15-47)20-43-27-16-23(17-27)2-1-11-42-26-6-7-28-29(19-26)39(52)48(38(28)51)34-9-10-35(49)46-37(34)50/h3,6-8,18-21,23,25,27,34,36,41-43H,1-2,4-5,9-17,22,40H2,(H,46,49,50)/b30-20-. The van der Waals surface area contributed by atoms with Gasteiger partial charge in [0.05, 0.1) is 34.1 Å². The largest absolute Gasteiger partial charge is 0.388 e. The number of aromatic nitrogens is 2. The quantitative estimate of drug-likeness (QED) is 0.131. The summed E-state index contributed by atoms with van der Waals surface area (Å²) in [6, 6.07) is 10.9. The number of anilines is 1. The third-order valence-electron chi connectivity index (χ3n) is 11.3. The second-order valence-corrected chi connectivity index (χ2v) is 15.0. The summed E-state index contributed by atoms with van der Waals surface area (Å²) in [5.74, 6) is -0.870. The van der Waals surface area contributed by atoms with Gasteiger partial charge in [-0.1, -0.05) is 6.07 Å². The fourth-order valence-corrected chi connectivity index (χ4v) is 7.99. The lowest BCUT2D eigenvalue weighted by Crippen LogP contribution is -2.54. The van der Waals surface area contributed by atoms with Crippen LogP contribution >= 0.6 is 0 Å². The van der Waals surface area contributed by atoms with Crippen LogP contribution in [0.2, 0.25) is 0 Å². The Bertz CT molecular complexity index is 1910. The average molecular weight is 706 g/mol. The van der Waals surface area contributed by atoms with Crippen LogP contribution in [0.5, 0.6) is 0 Å². The first-order chi connectivity index (χ1) is 25.3. The molecular formula is C39H47N9O4. The number of nitrogens with one attached hydrogen (secondary N) is 4. The van der Waals surface area contributed by atoms with E-state index in [2.05, 4.69) is 50.6 Å². The Kier molecular flexibility index (Phi) is 9.73. The molecule has 2 aliphatic carbocycles. The normalized spacial score (nSPS) is 24.4. The Morgan fingerprint density at radius 1 is 0.981 bits per heavy atom. The predicted octanol–water partition coefficient (Wildman–Crippen LogP) is 2.77. The Hall–Kier alpha value is -4.72. The summed E-state index contributed by atoms with van der Waals surface area (Å²) in [7, 11) is 0. The highest BCUT2D eigenvalue weighted by Crippen LogP contribution is 2.38. The third-order valence-corrected chi connectivity index (χ3v) is 11.3. The average Bonchev–Trinajstić information content (AvgIpc) is 3.95. The SMILES string of the molecule is NC(/C(=C\NC1CC(CCCNc2ccc3c(c2)C(=O)N(C2CCC(=O)NC2=O)C3=O)C1)c1cnc2ccc(CN3CCNCC3)cc2n1)C1CC1. The van der Waals surface area contributed by atoms with Gasteiger partial charge in [0, 0.05) is 75.2 Å². The van der Waals surface area contributed by atoms with E-state index in [0.717, 1.165) is 111 Å². The minimum absolute atomic E-state index is 0.0710. The molecule has 2 saturated heterocycles. The van der Waals surface area contributed by atoms with Gasteiger partial charge in [-0.3, -0.25) is 39.3 Å². The molecule has 52 heavy (non-hydrogen) atoms. The first kappa shape index (κ1) is 34.4. The molecule has 0 radical (unpaired) electrons. The van der Waals surface area contributed by atoms with E-state index >= 15 is 0 Å². The number of piperazine rings is 1. The van der Waals surface area contributed by atoms with Crippen LogP contribution in [0, 0.1) is 11.8 Å². The number of amides is 4. The Labute approximate surface area is 303 Å². The van der Waals surface area contributed by atoms with Crippen LogP contribution in [0.3, 0.4) is 0 Å². The van der Waals surface area contributed by atoms with Crippen LogP contribution in [0.4, 0.5) is 5.69 Å². The number of fused-ring (bicyclic) bond motifs is 2. The van der Waals surface area contributed by atoms with Gasteiger partial charge < -0.3 is 21.7 Å². The van der Waals surface area contributed by atoms with Crippen LogP contribution in [0.25, 0.3) is 16.6 Å². The van der Waals surface area contributed by atoms with Crippen molar-refractivity contribution in [1.29, 1.82) is 0 Å². The molecule has 2 unspecified atom stereocenters. The zero-order valence-corrected chi connectivity index (χ0v) is 29.4. The Balaban J connectivity index is 0.825. The molecule has 8 rings (SSSR count). The zero-order valence-electron chi connectivity index (χ0n) is 29.4. The lowest BCUT2D eigenvalue weighted by atomic mass is 9.77. The summed E-state index contributed by atoms with van der Waals surface area (Å²) in [6.45, 7) is 5.81. The molecule has 4 heterocycles. The second-order valence-electron chi connectivity index (χ2n) is 15.0. The molecule has 0 spiro atoms. The molecule has 0 bridgehead atoms. The number of carbonyl (C=O) groups excluding carboxylic acids is 4. The smallest absolute Gasteiger partial charge is 0.262 e. The van der Waals surface area contributed by atoms with Crippen molar-refractivity contribution in [3.63, 3.8) is 0 Å². The Morgan fingerprint density at radius 2 is 1.79 bits per heavy atom. The summed E-state index contributed by atoms with van der Waals surface area (Å²) in [5, 5.41) is 12.7. The van der Waals surface area contributed by atoms with E-state index in [1.54, 1.807) is 18.2 Å². The maximum atomic E-state index is 13.1. The number of nitrogens with two attached hydrogens (primary N) is 1. The molecule has 1 aromatic heterocycles. The Morgan fingerprint density at radius 3 is 2.58 bits per heavy atom. The van der Waals surface area contributed by atoms with E-state index in [1.807, 2.05) is 6.20 Å². The molecule has 2 saturated carbocycles. The molecule has 5 aliphatic rings. The van der Waals surface area contributed by atoms with E-state index in [4.69, 9.17) is 15.7 Å². The third kappa shape index (κ3) is 7.30. The molecule has 6 N–H and O–H groups in total. The van der Waals surface area contributed by atoms with Gasteiger partial charge in [-0.25, -0.2) is 4.98 Å². The van der Waals surface area contributed by atoms with Gasteiger partial charge in [-0.2, -0.15) is 0 Å². The first-order valence-corrected chi connectivity index (χ1v) is 18.8. The number of benzene rings is 2. The van der Waals surface area contributed by atoms with Gasteiger partial charge >= 0.3 is 0 Å². The van der Waals surface area contributed by atoms with Gasteiger partial charge in [-0.15, -0.1) is 0 Å². The van der Waals surface area contributed by atoms with Crippen LogP contribution in [0.15, 0.2) is 48.8 Å². The predicted molar refractivity (Wildman–Crippen MR) is 197 cm³/mol. The molecule has 3 aromatic rings. The van der Waals surface area contributed by atoms with Crippen LogP contribution in [0.1, 0.15) is 83.3 Å². The minimum Gasteiger partial charge on any atom is -0.388 e. The highest BCUT2D eigenvalue weighted by atomic mass is 16.2. The van der Waals surface area contributed by atoms with Gasteiger partial charge in [0.25, 0.3) is 11.8 Å². The number of nitrogens with zero attached hydrogens (tertiary/aromatic N) is 4. The highest BCUT2D eigenvalue weighted by molar-refractivity contribution is 6.23. The van der Waals surface area contributed by atoms with Crippen molar-refractivity contribution in [2.45, 2.75) is 76.0 Å².